The van der Waals surface area contributed by atoms with Crippen LogP contribution in [0.4, 0.5) is 26.3 Å². The van der Waals surface area contributed by atoms with E-state index in [2.05, 4.69) is 0 Å². The van der Waals surface area contributed by atoms with Crippen LogP contribution in [0.3, 0.4) is 0 Å². The normalized spacial score (nSPS) is 17.2. The first kappa shape index (κ1) is 18.2. The minimum Gasteiger partial charge on any atom is -0.481 e. The van der Waals surface area contributed by atoms with E-state index in [1.807, 2.05) is 0 Å². The molecule has 1 aliphatic heterocycles. The second-order valence-corrected chi connectivity index (χ2v) is 5.77. The first-order valence-electron chi connectivity index (χ1n) is 6.73. The van der Waals surface area contributed by atoms with Gasteiger partial charge in [-0.2, -0.15) is 26.3 Å². The summed E-state index contributed by atoms with van der Waals surface area (Å²) in [7, 11) is 0. The summed E-state index contributed by atoms with van der Waals surface area (Å²) in [5.74, 6) is -2.13. The van der Waals surface area contributed by atoms with Crippen LogP contribution >= 0.6 is 0 Å². The van der Waals surface area contributed by atoms with Crippen LogP contribution in [0.5, 0.6) is 5.75 Å². The lowest BCUT2D eigenvalue weighted by Gasteiger charge is -2.36. The van der Waals surface area contributed by atoms with Crippen molar-refractivity contribution in [3.63, 3.8) is 0 Å². The Morgan fingerprint density at radius 1 is 1.12 bits per heavy atom. The van der Waals surface area contributed by atoms with Crippen LogP contribution in [0.15, 0.2) is 23.9 Å². The number of alkyl halides is 6. The van der Waals surface area contributed by atoms with E-state index in [-0.39, 0.29) is 22.6 Å². The summed E-state index contributed by atoms with van der Waals surface area (Å²) >= 11 is 0. The van der Waals surface area contributed by atoms with Crippen LogP contribution in [0.1, 0.15) is 31.9 Å². The molecule has 2 rings (SSSR count). The topological polar surface area (TPSA) is 38.3 Å². The van der Waals surface area contributed by atoms with E-state index >= 15 is 0 Å². The van der Waals surface area contributed by atoms with Gasteiger partial charge in [0, 0.05) is 5.56 Å². The first-order chi connectivity index (χ1) is 10.7. The summed E-state index contributed by atoms with van der Waals surface area (Å²) in [5.41, 5.74) is -2.51. The summed E-state index contributed by atoms with van der Waals surface area (Å²) in [6.07, 6.45) is -9.74. The molecule has 1 heterocycles. The molecule has 0 aromatic heterocycles. The smallest absolute Gasteiger partial charge is 0.471 e. The van der Waals surface area contributed by atoms with Crippen LogP contribution < -0.4 is 10.1 Å². The van der Waals surface area contributed by atoms with Gasteiger partial charge in [-0.1, -0.05) is 0 Å². The third-order valence-electron chi connectivity index (χ3n) is 3.55. The quantitative estimate of drug-likeness (QED) is 0.765. The average Bonchev–Trinajstić information content (AvgIpc) is 2.40. The molecule has 0 unspecified atom stereocenters. The third-order valence-corrected chi connectivity index (χ3v) is 3.55. The van der Waals surface area contributed by atoms with Crippen LogP contribution in [-0.2, 0) is 11.0 Å². The fraction of sp³-hybridized carbons (Fsp3) is 0.400. The Hall–Kier alpha value is -2.19. The Labute approximate surface area is 133 Å². The molecular weight excluding hydrogens is 340 g/mol. The number of rotatable bonds is 1. The van der Waals surface area contributed by atoms with E-state index in [9.17, 15) is 31.1 Å². The van der Waals surface area contributed by atoms with E-state index in [0.29, 0.717) is 0 Å². The van der Waals surface area contributed by atoms with Crippen LogP contribution in [0.25, 0.3) is 5.57 Å². The maximum Gasteiger partial charge on any atom is 0.471 e. The molecule has 1 N–H and O–H groups in total. The number of nitrogens with one attached hydrogen (secondary N) is 1. The van der Waals surface area contributed by atoms with Crippen molar-refractivity contribution in [3.8, 4) is 5.75 Å². The fourth-order valence-electron chi connectivity index (χ4n) is 2.43. The highest BCUT2D eigenvalue weighted by Gasteiger charge is 2.43. The summed E-state index contributed by atoms with van der Waals surface area (Å²) in [5, 5.41) is 1.71. The molecule has 0 fully saturated rings. The van der Waals surface area contributed by atoms with Crippen molar-refractivity contribution in [2.45, 2.75) is 38.7 Å². The zero-order chi connectivity index (χ0) is 18.5. The molecule has 1 amide bonds. The number of ether oxygens (including phenoxy) is 1. The number of benzene rings is 1. The average molecular weight is 353 g/mol. The maximum atomic E-state index is 12.8. The summed E-state index contributed by atoms with van der Waals surface area (Å²) < 4.78 is 81.4. The maximum absolute atomic E-state index is 12.8. The zero-order valence-electron chi connectivity index (χ0n) is 12.8. The van der Waals surface area contributed by atoms with Crippen molar-refractivity contribution in [3.05, 3.63) is 35.0 Å². The van der Waals surface area contributed by atoms with Gasteiger partial charge in [0.2, 0.25) is 0 Å². The van der Waals surface area contributed by atoms with Crippen LogP contribution in [0.2, 0.25) is 0 Å². The highest BCUT2D eigenvalue weighted by molar-refractivity contribution is 5.87. The number of halogens is 6. The number of hydrogen-bond acceptors (Lipinski definition) is 2. The number of allylic oxidation sites excluding steroid dienone is 1. The Morgan fingerprint density at radius 3 is 2.21 bits per heavy atom. The molecule has 9 heteroatoms. The van der Waals surface area contributed by atoms with Crippen LogP contribution in [0, 0.1) is 0 Å². The number of carbonyl (C=O) groups is 1. The van der Waals surface area contributed by atoms with Crippen LogP contribution in [-0.4, -0.2) is 17.7 Å². The predicted octanol–water partition coefficient (Wildman–Crippen LogP) is 4.29. The van der Waals surface area contributed by atoms with Gasteiger partial charge in [0.1, 0.15) is 11.4 Å². The Kier molecular flexibility index (Phi) is 4.10. The van der Waals surface area contributed by atoms with Gasteiger partial charge in [-0.05, 0) is 44.5 Å². The van der Waals surface area contributed by atoms with Gasteiger partial charge in [0.25, 0.3) is 0 Å². The Balaban J connectivity index is 2.55. The molecular formula is C15H13F6NO2. The summed E-state index contributed by atoms with van der Waals surface area (Å²) in [6.45, 7) is 4.14. The van der Waals surface area contributed by atoms with Gasteiger partial charge in [0.05, 0.1) is 11.3 Å². The molecule has 1 aromatic rings. The minimum atomic E-state index is -5.13. The molecule has 24 heavy (non-hydrogen) atoms. The predicted molar refractivity (Wildman–Crippen MR) is 72.9 cm³/mol. The fourth-order valence-corrected chi connectivity index (χ4v) is 2.43. The molecule has 132 valence electrons. The first-order valence-corrected chi connectivity index (χ1v) is 6.73. The van der Waals surface area contributed by atoms with Gasteiger partial charge in [0.15, 0.2) is 0 Å². The van der Waals surface area contributed by atoms with Crippen molar-refractivity contribution in [1.29, 1.82) is 0 Å². The SMILES string of the molecule is CC1=C(NC(=O)C(F)(F)F)C(C)(C)Oc2ccc(C(F)(F)F)cc21. The molecule has 0 saturated heterocycles. The van der Waals surface area contributed by atoms with E-state index in [4.69, 9.17) is 4.74 Å². The van der Waals surface area contributed by atoms with Gasteiger partial charge < -0.3 is 10.1 Å². The molecule has 1 aliphatic rings. The highest BCUT2D eigenvalue weighted by Crippen LogP contribution is 2.42. The largest absolute Gasteiger partial charge is 0.481 e. The summed E-state index contributed by atoms with van der Waals surface area (Å²) in [6, 6.07) is 2.70. The van der Waals surface area contributed by atoms with Crippen molar-refractivity contribution in [2.75, 3.05) is 0 Å². The molecule has 0 bridgehead atoms. The van der Waals surface area contributed by atoms with E-state index < -0.39 is 29.4 Å². The molecule has 3 nitrogen and oxygen atoms in total. The molecule has 0 spiro atoms. The van der Waals surface area contributed by atoms with Gasteiger partial charge in [-0.15, -0.1) is 0 Å². The molecule has 0 atom stereocenters. The molecule has 1 aromatic carbocycles. The van der Waals surface area contributed by atoms with Gasteiger partial charge in [-0.3, -0.25) is 4.79 Å². The number of carbonyl (C=O) groups excluding carboxylic acids is 1. The second kappa shape index (κ2) is 5.42. The lowest BCUT2D eigenvalue weighted by atomic mass is 9.90. The van der Waals surface area contributed by atoms with Crippen molar-refractivity contribution < 1.29 is 35.9 Å². The highest BCUT2D eigenvalue weighted by atomic mass is 19.4. The van der Waals surface area contributed by atoms with Crippen molar-refractivity contribution >= 4 is 11.5 Å². The second-order valence-electron chi connectivity index (χ2n) is 5.77. The Bertz CT molecular complexity index is 716. The monoisotopic (exact) mass is 353 g/mol. The van der Waals surface area contributed by atoms with Crippen molar-refractivity contribution in [1.82, 2.24) is 5.32 Å². The third kappa shape index (κ3) is 3.34. The van der Waals surface area contributed by atoms with E-state index in [1.54, 1.807) is 5.32 Å². The minimum absolute atomic E-state index is 0.0263. The van der Waals surface area contributed by atoms with Gasteiger partial charge >= 0.3 is 18.3 Å². The zero-order valence-corrected chi connectivity index (χ0v) is 12.8. The summed E-state index contributed by atoms with van der Waals surface area (Å²) in [4.78, 5) is 11.2. The standard InChI is InChI=1S/C15H13F6NO2/c1-7-9-6-8(14(16,17)18)4-5-10(9)24-13(2,3)11(7)22-12(23)15(19,20)21/h4-6H,1-3H3,(H,22,23). The Morgan fingerprint density at radius 2 is 1.71 bits per heavy atom. The number of fused-ring (bicyclic) bond motifs is 1. The number of hydrogen-bond donors (Lipinski definition) is 1. The molecule has 0 aliphatic carbocycles. The lowest BCUT2D eigenvalue weighted by Crippen LogP contribution is -2.46. The number of amides is 1. The van der Waals surface area contributed by atoms with Gasteiger partial charge in [-0.25, -0.2) is 0 Å². The van der Waals surface area contributed by atoms with Crippen molar-refractivity contribution in [2.24, 2.45) is 0 Å². The van der Waals surface area contributed by atoms with E-state index in [1.165, 1.54) is 20.8 Å². The lowest BCUT2D eigenvalue weighted by molar-refractivity contribution is -0.173. The van der Waals surface area contributed by atoms with E-state index in [0.717, 1.165) is 18.2 Å². The molecule has 0 radical (unpaired) electrons. The molecule has 0 saturated carbocycles.